The van der Waals surface area contributed by atoms with Gasteiger partial charge in [-0.2, -0.15) is 0 Å². The lowest BCUT2D eigenvalue weighted by atomic mass is 9.88. The van der Waals surface area contributed by atoms with Crippen LogP contribution in [0.3, 0.4) is 0 Å². The quantitative estimate of drug-likeness (QED) is 0.704. The number of rotatable bonds is 0. The third-order valence-corrected chi connectivity index (χ3v) is 3.53. The minimum Gasteiger partial charge on any atom is -0.473 e. The van der Waals surface area contributed by atoms with Crippen LogP contribution in [0.25, 0.3) is 6.08 Å². The second-order valence-electron chi connectivity index (χ2n) is 4.68. The Labute approximate surface area is 111 Å². The smallest absolute Gasteiger partial charge is 0.178 e. The summed E-state index contributed by atoms with van der Waals surface area (Å²) in [5.41, 5.74) is 1.58. The van der Waals surface area contributed by atoms with Crippen LogP contribution in [0.15, 0.2) is 66.9 Å². The molecule has 2 aromatic rings. The first-order valence-electron chi connectivity index (χ1n) is 6.29. The van der Waals surface area contributed by atoms with Gasteiger partial charge in [0.15, 0.2) is 5.60 Å². The van der Waals surface area contributed by atoms with Gasteiger partial charge < -0.3 is 9.47 Å². The molecule has 0 radical (unpaired) electrons. The first-order chi connectivity index (χ1) is 9.37. The molecule has 1 spiro atoms. The summed E-state index contributed by atoms with van der Waals surface area (Å²) in [7, 11) is 0. The zero-order valence-corrected chi connectivity index (χ0v) is 10.2. The molecule has 2 heteroatoms. The van der Waals surface area contributed by atoms with Gasteiger partial charge in [0, 0.05) is 17.2 Å². The Hall–Kier alpha value is -2.48. The fourth-order valence-electron chi connectivity index (χ4n) is 2.57. The zero-order chi connectivity index (χ0) is 12.7. The van der Waals surface area contributed by atoms with Crippen molar-refractivity contribution in [1.29, 1.82) is 0 Å². The Morgan fingerprint density at radius 1 is 0.789 bits per heavy atom. The molecule has 4 rings (SSSR count). The van der Waals surface area contributed by atoms with Crippen LogP contribution in [-0.2, 0) is 5.60 Å². The molecular formula is C17H12O2. The second kappa shape index (κ2) is 3.75. The summed E-state index contributed by atoms with van der Waals surface area (Å²) in [6, 6.07) is 16.0. The van der Waals surface area contributed by atoms with E-state index in [-0.39, 0.29) is 0 Å². The summed E-state index contributed by atoms with van der Waals surface area (Å²) in [5, 5.41) is 0. The highest BCUT2D eigenvalue weighted by atomic mass is 16.5. The van der Waals surface area contributed by atoms with E-state index in [2.05, 4.69) is 12.2 Å². The van der Waals surface area contributed by atoms with Gasteiger partial charge in [-0.05, 0) is 18.2 Å². The Morgan fingerprint density at radius 2 is 1.58 bits per heavy atom. The Bertz CT molecular complexity index is 700. The van der Waals surface area contributed by atoms with Gasteiger partial charge in [-0.25, -0.2) is 0 Å². The average molecular weight is 248 g/mol. The molecule has 92 valence electrons. The molecule has 0 bridgehead atoms. The summed E-state index contributed by atoms with van der Waals surface area (Å²) in [5.74, 6) is 1.74. The van der Waals surface area contributed by atoms with Gasteiger partial charge in [-0.15, -0.1) is 0 Å². The van der Waals surface area contributed by atoms with E-state index in [1.54, 1.807) is 6.26 Å². The largest absolute Gasteiger partial charge is 0.473 e. The number of hydrogen-bond donors (Lipinski definition) is 0. The first-order valence-corrected chi connectivity index (χ1v) is 6.29. The van der Waals surface area contributed by atoms with Crippen molar-refractivity contribution in [3.8, 4) is 11.5 Å². The molecule has 0 N–H and O–H groups in total. The molecule has 1 unspecified atom stereocenters. The van der Waals surface area contributed by atoms with Crippen molar-refractivity contribution >= 4 is 6.08 Å². The van der Waals surface area contributed by atoms with E-state index in [1.807, 2.05) is 54.6 Å². The van der Waals surface area contributed by atoms with Crippen LogP contribution in [0.5, 0.6) is 11.5 Å². The first kappa shape index (κ1) is 10.4. The summed E-state index contributed by atoms with van der Waals surface area (Å²) in [6.07, 6.45) is 7.82. The molecule has 0 aliphatic carbocycles. The Morgan fingerprint density at radius 3 is 2.53 bits per heavy atom. The van der Waals surface area contributed by atoms with Crippen molar-refractivity contribution in [3.05, 3.63) is 78.1 Å². The molecule has 2 heterocycles. The molecular weight excluding hydrogens is 236 g/mol. The van der Waals surface area contributed by atoms with Crippen LogP contribution >= 0.6 is 0 Å². The summed E-state index contributed by atoms with van der Waals surface area (Å²) >= 11 is 0. The summed E-state index contributed by atoms with van der Waals surface area (Å²) in [4.78, 5) is 0. The number of hydrogen-bond acceptors (Lipinski definition) is 2. The predicted octanol–water partition coefficient (Wildman–Crippen LogP) is 3.89. The molecule has 2 nitrogen and oxygen atoms in total. The highest BCUT2D eigenvalue weighted by molar-refractivity contribution is 5.64. The van der Waals surface area contributed by atoms with Crippen molar-refractivity contribution in [2.24, 2.45) is 0 Å². The maximum absolute atomic E-state index is 6.23. The lowest BCUT2D eigenvalue weighted by Gasteiger charge is -2.35. The van der Waals surface area contributed by atoms with Gasteiger partial charge in [0.05, 0.1) is 6.26 Å². The minimum absolute atomic E-state index is 0.552. The fourth-order valence-corrected chi connectivity index (χ4v) is 2.57. The molecule has 0 saturated heterocycles. The Kier molecular flexibility index (Phi) is 2.06. The van der Waals surface area contributed by atoms with E-state index in [0.29, 0.717) is 0 Å². The maximum Gasteiger partial charge on any atom is 0.178 e. The van der Waals surface area contributed by atoms with E-state index in [4.69, 9.17) is 9.47 Å². The number of para-hydroxylation sites is 2. The molecule has 2 aliphatic rings. The van der Waals surface area contributed by atoms with Crippen molar-refractivity contribution in [2.45, 2.75) is 5.60 Å². The van der Waals surface area contributed by atoms with E-state index < -0.39 is 5.60 Å². The van der Waals surface area contributed by atoms with Crippen molar-refractivity contribution in [2.75, 3.05) is 0 Å². The molecule has 1 atom stereocenters. The maximum atomic E-state index is 6.23. The average Bonchev–Trinajstić information content (AvgIpc) is 2.48. The third-order valence-electron chi connectivity index (χ3n) is 3.53. The van der Waals surface area contributed by atoms with E-state index >= 15 is 0 Å². The molecule has 2 aliphatic heterocycles. The van der Waals surface area contributed by atoms with Gasteiger partial charge in [-0.1, -0.05) is 42.5 Å². The molecule has 0 fully saturated rings. The van der Waals surface area contributed by atoms with Crippen LogP contribution < -0.4 is 9.47 Å². The third kappa shape index (κ3) is 1.50. The fraction of sp³-hybridized carbons (Fsp3) is 0.0588. The summed E-state index contributed by atoms with van der Waals surface area (Å²) in [6.45, 7) is 0. The SMILES string of the molecule is C1=CC2(C=Cc3ccccc3O2)c2ccccc2O1. The Balaban J connectivity index is 1.89. The lowest BCUT2D eigenvalue weighted by Crippen LogP contribution is -2.32. The van der Waals surface area contributed by atoms with Crippen LogP contribution in [0.1, 0.15) is 11.1 Å². The van der Waals surface area contributed by atoms with Crippen LogP contribution in [0.2, 0.25) is 0 Å². The lowest BCUT2D eigenvalue weighted by molar-refractivity contribution is 0.157. The van der Waals surface area contributed by atoms with Crippen LogP contribution in [-0.4, -0.2) is 0 Å². The van der Waals surface area contributed by atoms with Gasteiger partial charge in [0.2, 0.25) is 0 Å². The van der Waals surface area contributed by atoms with E-state index in [0.717, 1.165) is 22.6 Å². The number of fused-ring (bicyclic) bond motifs is 3. The van der Waals surface area contributed by atoms with Gasteiger partial charge >= 0.3 is 0 Å². The van der Waals surface area contributed by atoms with Crippen molar-refractivity contribution in [3.63, 3.8) is 0 Å². The van der Waals surface area contributed by atoms with E-state index in [9.17, 15) is 0 Å². The number of ether oxygens (including phenoxy) is 2. The minimum atomic E-state index is -0.552. The van der Waals surface area contributed by atoms with Gasteiger partial charge in [-0.3, -0.25) is 0 Å². The monoisotopic (exact) mass is 248 g/mol. The highest BCUT2D eigenvalue weighted by Gasteiger charge is 2.36. The van der Waals surface area contributed by atoms with Crippen LogP contribution in [0, 0.1) is 0 Å². The van der Waals surface area contributed by atoms with Crippen molar-refractivity contribution < 1.29 is 9.47 Å². The molecule has 0 aromatic heterocycles. The normalized spacial score (nSPS) is 22.3. The topological polar surface area (TPSA) is 18.5 Å². The molecule has 0 saturated carbocycles. The number of benzene rings is 2. The second-order valence-corrected chi connectivity index (χ2v) is 4.68. The summed E-state index contributed by atoms with van der Waals surface area (Å²) < 4.78 is 11.8. The van der Waals surface area contributed by atoms with E-state index in [1.165, 1.54) is 0 Å². The molecule has 19 heavy (non-hydrogen) atoms. The van der Waals surface area contributed by atoms with Gasteiger partial charge in [0.1, 0.15) is 11.5 Å². The molecule has 2 aromatic carbocycles. The highest BCUT2D eigenvalue weighted by Crippen LogP contribution is 2.43. The van der Waals surface area contributed by atoms with Gasteiger partial charge in [0.25, 0.3) is 0 Å². The standard InChI is InChI=1S/C17H12O2/c1-3-7-15-13(5-1)9-10-17(19-15)11-12-18-16-8-4-2-6-14(16)17/h1-12H. The zero-order valence-electron chi connectivity index (χ0n) is 10.2. The van der Waals surface area contributed by atoms with Crippen molar-refractivity contribution in [1.82, 2.24) is 0 Å². The van der Waals surface area contributed by atoms with Crippen LogP contribution in [0.4, 0.5) is 0 Å². The predicted molar refractivity (Wildman–Crippen MR) is 74.0 cm³/mol. The molecule has 0 amide bonds.